The average Bonchev–Trinajstić information content (AvgIpc) is 3.27. The zero-order valence-corrected chi connectivity index (χ0v) is 22.0. The number of hydrogen-bond acceptors (Lipinski definition) is 4. The van der Waals surface area contributed by atoms with Gasteiger partial charge in [0.1, 0.15) is 12.1 Å². The Kier molecular flexibility index (Phi) is 9.27. The van der Waals surface area contributed by atoms with Crippen LogP contribution in [-0.4, -0.2) is 79.2 Å². The van der Waals surface area contributed by atoms with E-state index < -0.39 is 5.60 Å². The third-order valence-corrected chi connectivity index (χ3v) is 6.35. The van der Waals surface area contributed by atoms with Crippen LogP contribution in [0.25, 0.3) is 0 Å². The SMILES string of the molecule is CN(C)C(=O)CN=C(NC1CCCN(C(=O)OC(C)(C)C)C1)NC1CC2CCC1C2.I. The third kappa shape index (κ3) is 7.68. The van der Waals surface area contributed by atoms with E-state index in [1.165, 1.54) is 25.7 Å². The molecule has 3 fully saturated rings. The second-order valence-electron chi connectivity index (χ2n) is 10.3. The lowest BCUT2D eigenvalue weighted by Gasteiger charge is -2.35. The van der Waals surface area contributed by atoms with Crippen LogP contribution < -0.4 is 10.6 Å². The molecule has 2 aliphatic carbocycles. The second kappa shape index (κ2) is 11.0. The number of likely N-dealkylation sites (tertiary alicyclic amines) is 1. The Balaban J connectivity index is 0.00000341. The summed E-state index contributed by atoms with van der Waals surface area (Å²) in [6.45, 7) is 7.06. The summed E-state index contributed by atoms with van der Waals surface area (Å²) < 4.78 is 5.54. The lowest BCUT2D eigenvalue weighted by Crippen LogP contribution is -2.55. The summed E-state index contributed by atoms with van der Waals surface area (Å²) in [5.41, 5.74) is -0.500. The fraction of sp³-hybridized carbons (Fsp3) is 0.864. The lowest BCUT2D eigenvalue weighted by molar-refractivity contribution is -0.127. The van der Waals surface area contributed by atoms with Crippen molar-refractivity contribution in [2.45, 2.75) is 77.0 Å². The summed E-state index contributed by atoms with van der Waals surface area (Å²) >= 11 is 0. The summed E-state index contributed by atoms with van der Waals surface area (Å²) in [4.78, 5) is 32.5. The minimum Gasteiger partial charge on any atom is -0.444 e. The molecule has 1 aliphatic heterocycles. The molecule has 1 heterocycles. The highest BCUT2D eigenvalue weighted by atomic mass is 127. The van der Waals surface area contributed by atoms with Gasteiger partial charge in [-0.05, 0) is 64.7 Å². The van der Waals surface area contributed by atoms with Gasteiger partial charge < -0.3 is 25.2 Å². The monoisotopic (exact) mass is 549 g/mol. The van der Waals surface area contributed by atoms with Crippen molar-refractivity contribution >= 4 is 41.9 Å². The molecule has 2 N–H and O–H groups in total. The highest BCUT2D eigenvalue weighted by Crippen LogP contribution is 2.44. The molecule has 0 spiro atoms. The summed E-state index contributed by atoms with van der Waals surface area (Å²) in [6, 6.07) is 0.514. The van der Waals surface area contributed by atoms with Crippen LogP contribution in [0.15, 0.2) is 4.99 Å². The zero-order chi connectivity index (χ0) is 21.9. The molecular weight excluding hydrogens is 509 g/mol. The highest BCUT2D eigenvalue weighted by molar-refractivity contribution is 14.0. The second-order valence-corrected chi connectivity index (χ2v) is 10.3. The Morgan fingerprint density at radius 2 is 1.87 bits per heavy atom. The number of likely N-dealkylation sites (N-methyl/N-ethyl adjacent to an activating group) is 1. The molecule has 2 amide bonds. The Bertz CT molecular complexity index is 664. The predicted molar refractivity (Wildman–Crippen MR) is 133 cm³/mol. The molecule has 9 heteroatoms. The number of nitrogens with one attached hydrogen (secondary N) is 2. The minimum atomic E-state index is -0.500. The van der Waals surface area contributed by atoms with Crippen molar-refractivity contribution in [3.63, 3.8) is 0 Å². The largest absolute Gasteiger partial charge is 0.444 e. The van der Waals surface area contributed by atoms with Crippen LogP contribution in [0, 0.1) is 11.8 Å². The minimum absolute atomic E-state index is 0. The van der Waals surface area contributed by atoms with E-state index in [1.807, 2.05) is 20.8 Å². The molecule has 4 atom stereocenters. The molecule has 8 nitrogen and oxygen atoms in total. The lowest BCUT2D eigenvalue weighted by atomic mass is 9.95. The predicted octanol–water partition coefficient (Wildman–Crippen LogP) is 2.82. The van der Waals surface area contributed by atoms with Crippen LogP contribution in [0.5, 0.6) is 0 Å². The Morgan fingerprint density at radius 1 is 1.13 bits per heavy atom. The summed E-state index contributed by atoms with van der Waals surface area (Å²) in [6.07, 6.45) is 6.71. The van der Waals surface area contributed by atoms with Crippen LogP contribution >= 0.6 is 24.0 Å². The number of hydrogen-bond donors (Lipinski definition) is 2. The number of halogens is 1. The van der Waals surface area contributed by atoms with E-state index in [4.69, 9.17) is 4.74 Å². The first kappa shape index (κ1) is 26.0. The van der Waals surface area contributed by atoms with Crippen LogP contribution in [0.1, 0.15) is 59.3 Å². The first-order valence-corrected chi connectivity index (χ1v) is 11.4. The molecule has 2 saturated carbocycles. The van der Waals surface area contributed by atoms with Gasteiger partial charge in [-0.25, -0.2) is 9.79 Å². The van der Waals surface area contributed by atoms with Gasteiger partial charge in [0.25, 0.3) is 0 Å². The smallest absolute Gasteiger partial charge is 0.410 e. The van der Waals surface area contributed by atoms with Gasteiger partial charge >= 0.3 is 6.09 Å². The number of piperidine rings is 1. The van der Waals surface area contributed by atoms with E-state index in [9.17, 15) is 9.59 Å². The van der Waals surface area contributed by atoms with Gasteiger partial charge in [0.15, 0.2) is 5.96 Å². The van der Waals surface area contributed by atoms with E-state index in [2.05, 4.69) is 15.6 Å². The molecule has 3 aliphatic rings. The maximum Gasteiger partial charge on any atom is 0.410 e. The van der Waals surface area contributed by atoms with E-state index >= 15 is 0 Å². The third-order valence-electron chi connectivity index (χ3n) is 6.35. The van der Waals surface area contributed by atoms with Crippen LogP contribution in [-0.2, 0) is 9.53 Å². The van der Waals surface area contributed by atoms with Crippen molar-refractivity contribution in [1.82, 2.24) is 20.4 Å². The van der Waals surface area contributed by atoms with Crippen LogP contribution in [0.3, 0.4) is 0 Å². The summed E-state index contributed by atoms with van der Waals surface area (Å²) in [7, 11) is 3.49. The molecule has 3 rings (SSSR count). The number of aliphatic imine (C=N–C) groups is 1. The Labute approximate surface area is 203 Å². The number of fused-ring (bicyclic) bond motifs is 2. The first-order valence-electron chi connectivity index (χ1n) is 11.4. The molecule has 0 aromatic carbocycles. The van der Waals surface area contributed by atoms with E-state index in [-0.39, 0.29) is 48.6 Å². The molecule has 1 saturated heterocycles. The molecule has 0 aromatic heterocycles. The van der Waals surface area contributed by atoms with Crippen LogP contribution in [0.2, 0.25) is 0 Å². The standard InChI is InChI=1S/C22H39N5O3.HI/c1-22(2,3)30-21(29)27-10-6-7-17(14-27)24-20(23-13-19(28)26(4)5)25-18-12-15-8-9-16(18)11-15;/h15-18H,6-14H2,1-5H3,(H2,23,24,25);1H. The first-order chi connectivity index (χ1) is 14.1. The normalized spacial score (nSPS) is 28.0. The molecule has 0 aromatic rings. The van der Waals surface area contributed by atoms with Gasteiger partial charge in [0.05, 0.1) is 0 Å². The number of guanidine groups is 1. The molecule has 178 valence electrons. The van der Waals surface area contributed by atoms with Crippen molar-refractivity contribution in [3.8, 4) is 0 Å². The van der Waals surface area contributed by atoms with Crippen molar-refractivity contribution in [2.75, 3.05) is 33.7 Å². The van der Waals surface area contributed by atoms with Gasteiger partial charge in [-0.1, -0.05) is 6.42 Å². The highest BCUT2D eigenvalue weighted by Gasteiger charge is 2.40. The number of carbonyl (C=O) groups is 2. The maximum atomic E-state index is 12.5. The van der Waals surface area contributed by atoms with Crippen molar-refractivity contribution in [1.29, 1.82) is 0 Å². The van der Waals surface area contributed by atoms with Crippen LogP contribution in [0.4, 0.5) is 4.79 Å². The molecule has 2 bridgehead atoms. The molecule has 31 heavy (non-hydrogen) atoms. The quantitative estimate of drug-likeness (QED) is 0.320. The fourth-order valence-electron chi connectivity index (χ4n) is 4.80. The fourth-order valence-corrected chi connectivity index (χ4v) is 4.80. The summed E-state index contributed by atoms with van der Waals surface area (Å²) in [5, 5.41) is 7.11. The average molecular weight is 549 g/mol. The van der Waals surface area contributed by atoms with Crippen molar-refractivity contribution in [3.05, 3.63) is 0 Å². The number of nitrogens with zero attached hydrogens (tertiary/aromatic N) is 3. The van der Waals surface area contributed by atoms with E-state index in [1.54, 1.807) is 23.9 Å². The van der Waals surface area contributed by atoms with Crippen molar-refractivity contribution < 1.29 is 14.3 Å². The van der Waals surface area contributed by atoms with Crippen molar-refractivity contribution in [2.24, 2.45) is 16.8 Å². The Hall–Kier alpha value is -1.26. The van der Waals surface area contributed by atoms with Gasteiger partial charge in [0, 0.05) is 39.3 Å². The van der Waals surface area contributed by atoms with Gasteiger partial charge in [-0.15, -0.1) is 24.0 Å². The van der Waals surface area contributed by atoms with Gasteiger partial charge in [-0.2, -0.15) is 0 Å². The number of rotatable bonds is 4. The van der Waals surface area contributed by atoms with Gasteiger partial charge in [-0.3, -0.25) is 4.79 Å². The zero-order valence-electron chi connectivity index (χ0n) is 19.6. The number of ether oxygens (including phenoxy) is 1. The number of carbonyl (C=O) groups excluding carboxylic acids is 2. The molecule has 0 radical (unpaired) electrons. The molecular formula is C22H40IN5O3. The summed E-state index contributed by atoms with van der Waals surface area (Å²) in [5.74, 6) is 2.20. The van der Waals surface area contributed by atoms with E-state index in [0.29, 0.717) is 31.0 Å². The Morgan fingerprint density at radius 3 is 2.45 bits per heavy atom. The maximum absolute atomic E-state index is 12.5. The van der Waals surface area contributed by atoms with Gasteiger partial charge in [0.2, 0.25) is 5.91 Å². The van der Waals surface area contributed by atoms with E-state index in [0.717, 1.165) is 18.8 Å². The topological polar surface area (TPSA) is 86.3 Å². The molecule has 4 unspecified atom stereocenters. The number of amides is 2.